The van der Waals surface area contributed by atoms with E-state index >= 15 is 0 Å². The Hall–Kier alpha value is -0.720. The van der Waals surface area contributed by atoms with Crippen LogP contribution in [-0.2, 0) is 7.05 Å². The van der Waals surface area contributed by atoms with Crippen LogP contribution in [0.15, 0.2) is 32.7 Å². The molecule has 0 saturated heterocycles. The molecule has 0 spiro atoms. The Morgan fingerprint density at radius 3 is 2.82 bits per heavy atom. The van der Waals surface area contributed by atoms with Gasteiger partial charge in [-0.15, -0.1) is 11.3 Å². The van der Waals surface area contributed by atoms with Crippen LogP contribution in [0.5, 0.6) is 0 Å². The summed E-state index contributed by atoms with van der Waals surface area (Å²) in [5.74, 6) is -0.0503. The molecule has 2 rings (SSSR count). The van der Waals surface area contributed by atoms with E-state index in [1.54, 1.807) is 47.5 Å². The van der Waals surface area contributed by atoms with Gasteiger partial charge in [0.2, 0.25) is 5.78 Å². The van der Waals surface area contributed by atoms with Crippen molar-refractivity contribution in [2.45, 2.75) is 0 Å². The van der Waals surface area contributed by atoms with Gasteiger partial charge in [0.05, 0.1) is 3.79 Å². The number of allylic oxidation sites excluding steroid dienone is 1. The van der Waals surface area contributed by atoms with Gasteiger partial charge in [-0.2, -0.15) is 5.10 Å². The van der Waals surface area contributed by atoms with Gasteiger partial charge in [0.25, 0.3) is 0 Å². The largest absolute Gasteiger partial charge is 0.288 e. The van der Waals surface area contributed by atoms with Gasteiger partial charge < -0.3 is 0 Å². The van der Waals surface area contributed by atoms with E-state index in [0.29, 0.717) is 5.69 Å². The molecule has 0 atom stereocenters. The summed E-state index contributed by atoms with van der Waals surface area (Å²) in [5.41, 5.74) is 0.580. The van der Waals surface area contributed by atoms with Crippen LogP contribution < -0.4 is 0 Å². The molecule has 0 unspecified atom stereocenters. The minimum absolute atomic E-state index is 0.0503. The molecular formula is C11H8Br2N2OS. The highest BCUT2D eigenvalue weighted by Gasteiger charge is 2.06. The van der Waals surface area contributed by atoms with E-state index in [4.69, 9.17) is 0 Å². The van der Waals surface area contributed by atoms with Gasteiger partial charge >= 0.3 is 0 Å². The van der Waals surface area contributed by atoms with Crippen LogP contribution in [-0.4, -0.2) is 15.6 Å². The lowest BCUT2D eigenvalue weighted by molar-refractivity contribution is 0.103. The maximum atomic E-state index is 11.8. The highest BCUT2D eigenvalue weighted by atomic mass is 79.9. The summed E-state index contributed by atoms with van der Waals surface area (Å²) < 4.78 is 3.58. The normalized spacial score (nSPS) is 11.2. The van der Waals surface area contributed by atoms with Crippen LogP contribution in [0.2, 0.25) is 0 Å². The number of carbonyl (C=O) groups excluding carboxylic acids is 1. The molecule has 0 radical (unpaired) electrons. The number of rotatable bonds is 3. The van der Waals surface area contributed by atoms with Gasteiger partial charge in [0.15, 0.2) is 0 Å². The number of aromatic nitrogens is 2. The van der Waals surface area contributed by atoms with Gasteiger partial charge in [-0.25, -0.2) is 0 Å². The van der Waals surface area contributed by atoms with Crippen molar-refractivity contribution < 1.29 is 4.79 Å². The van der Waals surface area contributed by atoms with E-state index in [1.807, 2.05) is 6.07 Å². The second kappa shape index (κ2) is 5.29. The average Bonchev–Trinajstić information content (AvgIpc) is 2.83. The molecular weight excluding hydrogens is 368 g/mol. The molecule has 3 nitrogen and oxygen atoms in total. The third kappa shape index (κ3) is 2.94. The minimum atomic E-state index is -0.0503. The van der Waals surface area contributed by atoms with E-state index in [9.17, 15) is 4.79 Å². The van der Waals surface area contributed by atoms with Crippen LogP contribution in [0.3, 0.4) is 0 Å². The monoisotopic (exact) mass is 374 g/mol. The lowest BCUT2D eigenvalue weighted by Crippen LogP contribution is -2.03. The van der Waals surface area contributed by atoms with Crippen molar-refractivity contribution in [3.63, 3.8) is 0 Å². The zero-order chi connectivity index (χ0) is 12.4. The van der Waals surface area contributed by atoms with E-state index in [0.717, 1.165) is 13.1 Å². The number of nitrogens with zero attached hydrogens (tertiary/aromatic N) is 2. The first kappa shape index (κ1) is 12.7. The average molecular weight is 376 g/mol. The van der Waals surface area contributed by atoms with Gasteiger partial charge in [-0.3, -0.25) is 9.48 Å². The molecule has 0 aromatic carbocycles. The first-order valence-corrected chi connectivity index (χ1v) is 7.13. The molecule has 17 heavy (non-hydrogen) atoms. The number of hydrogen-bond donors (Lipinski definition) is 0. The van der Waals surface area contributed by atoms with Crippen molar-refractivity contribution in [1.82, 2.24) is 9.78 Å². The van der Waals surface area contributed by atoms with Gasteiger partial charge in [0, 0.05) is 22.6 Å². The highest BCUT2D eigenvalue weighted by molar-refractivity contribution is 9.13. The second-order valence-corrected chi connectivity index (χ2v) is 6.56. The van der Waals surface area contributed by atoms with Crippen molar-refractivity contribution in [3.8, 4) is 0 Å². The first-order valence-electron chi connectivity index (χ1n) is 4.73. The Morgan fingerprint density at radius 2 is 2.29 bits per heavy atom. The zero-order valence-corrected chi connectivity index (χ0v) is 12.8. The third-order valence-corrected chi connectivity index (χ3v) is 5.36. The molecule has 2 aromatic heterocycles. The molecule has 0 saturated carbocycles. The molecule has 6 heteroatoms. The Morgan fingerprint density at radius 1 is 1.53 bits per heavy atom. The summed E-state index contributed by atoms with van der Waals surface area (Å²) in [7, 11) is 1.75. The topological polar surface area (TPSA) is 34.9 Å². The molecule has 0 bridgehead atoms. The molecule has 2 aromatic rings. The summed E-state index contributed by atoms with van der Waals surface area (Å²) in [4.78, 5) is 12.8. The fourth-order valence-electron chi connectivity index (χ4n) is 1.30. The number of hydrogen-bond acceptors (Lipinski definition) is 3. The zero-order valence-electron chi connectivity index (χ0n) is 8.85. The number of halogens is 2. The molecule has 0 amide bonds. The third-order valence-electron chi connectivity index (χ3n) is 2.14. The van der Waals surface area contributed by atoms with E-state index in [2.05, 4.69) is 37.0 Å². The summed E-state index contributed by atoms with van der Waals surface area (Å²) >= 11 is 8.38. The summed E-state index contributed by atoms with van der Waals surface area (Å²) in [6.45, 7) is 0. The standard InChI is InChI=1S/C11H8Br2N2OS/c1-15-9(4-5-14-15)10(16)3-2-7-6-8(12)11(13)17-7/h2-6H,1H3/b3-2+. The highest BCUT2D eigenvalue weighted by Crippen LogP contribution is 2.32. The van der Waals surface area contributed by atoms with Gasteiger partial charge in [-0.05, 0) is 56.1 Å². The summed E-state index contributed by atoms with van der Waals surface area (Å²) in [6, 6.07) is 3.66. The van der Waals surface area contributed by atoms with Crippen molar-refractivity contribution in [2.24, 2.45) is 7.05 Å². The Kier molecular flexibility index (Phi) is 3.96. The molecule has 0 aliphatic carbocycles. The van der Waals surface area contributed by atoms with Crippen LogP contribution in [0.1, 0.15) is 15.4 Å². The summed E-state index contributed by atoms with van der Waals surface area (Å²) in [5, 5.41) is 3.96. The predicted molar refractivity (Wildman–Crippen MR) is 76.3 cm³/mol. The smallest absolute Gasteiger partial charge is 0.203 e. The molecule has 2 heterocycles. The molecule has 88 valence electrons. The maximum Gasteiger partial charge on any atom is 0.203 e. The van der Waals surface area contributed by atoms with Crippen LogP contribution in [0, 0.1) is 0 Å². The SMILES string of the molecule is Cn1nccc1C(=O)/C=C/c1cc(Br)c(Br)s1. The molecule has 0 aliphatic rings. The lowest BCUT2D eigenvalue weighted by atomic mass is 10.2. The summed E-state index contributed by atoms with van der Waals surface area (Å²) in [6.07, 6.45) is 4.97. The number of thiophene rings is 1. The Labute approximate surface area is 119 Å². The quantitative estimate of drug-likeness (QED) is 0.602. The van der Waals surface area contributed by atoms with Crippen molar-refractivity contribution in [3.05, 3.63) is 43.2 Å². The number of carbonyl (C=O) groups is 1. The van der Waals surface area contributed by atoms with Crippen molar-refractivity contribution in [1.29, 1.82) is 0 Å². The minimum Gasteiger partial charge on any atom is -0.288 e. The van der Waals surface area contributed by atoms with E-state index in [1.165, 1.54) is 0 Å². The van der Waals surface area contributed by atoms with Crippen LogP contribution in [0.4, 0.5) is 0 Å². The second-order valence-electron chi connectivity index (χ2n) is 3.31. The first-order chi connectivity index (χ1) is 8.08. The number of aryl methyl sites for hydroxylation is 1. The van der Waals surface area contributed by atoms with E-state index in [-0.39, 0.29) is 5.78 Å². The number of ketones is 1. The Bertz CT molecular complexity index is 567. The van der Waals surface area contributed by atoms with Crippen molar-refractivity contribution >= 4 is 55.1 Å². The lowest BCUT2D eigenvalue weighted by Gasteiger charge is -1.94. The van der Waals surface area contributed by atoms with Crippen molar-refractivity contribution in [2.75, 3.05) is 0 Å². The molecule has 0 N–H and O–H groups in total. The van der Waals surface area contributed by atoms with E-state index < -0.39 is 0 Å². The molecule has 0 fully saturated rings. The van der Waals surface area contributed by atoms with Gasteiger partial charge in [-0.1, -0.05) is 0 Å². The Balaban J connectivity index is 2.16. The maximum absolute atomic E-state index is 11.8. The molecule has 0 aliphatic heterocycles. The predicted octanol–water partition coefficient (Wildman–Crippen LogP) is 3.90. The fraction of sp³-hybridized carbons (Fsp3) is 0.0909. The van der Waals surface area contributed by atoms with Crippen LogP contribution in [0.25, 0.3) is 6.08 Å². The van der Waals surface area contributed by atoms with Crippen LogP contribution >= 0.6 is 43.2 Å². The fourth-order valence-corrected chi connectivity index (χ4v) is 3.30. The van der Waals surface area contributed by atoms with Gasteiger partial charge in [0.1, 0.15) is 5.69 Å².